The normalized spacial score (nSPS) is 11.0. The molecule has 1 aromatic rings. The molecule has 0 aliphatic rings. The molecule has 0 amide bonds. The lowest BCUT2D eigenvalue weighted by molar-refractivity contribution is 0.0845. The zero-order chi connectivity index (χ0) is 11.4. The van der Waals surface area contributed by atoms with Crippen LogP contribution in [0.5, 0.6) is 0 Å². The fourth-order valence-electron chi connectivity index (χ4n) is 1.32. The van der Waals surface area contributed by atoms with Crippen LogP contribution in [0.3, 0.4) is 0 Å². The van der Waals surface area contributed by atoms with Crippen molar-refractivity contribution in [2.45, 2.75) is 20.0 Å². The predicted octanol–water partition coefficient (Wildman–Crippen LogP) is 0.863. The highest BCUT2D eigenvalue weighted by Gasteiger charge is 2.09. The summed E-state index contributed by atoms with van der Waals surface area (Å²) in [5, 5.41) is 4.27. The Labute approximate surface area is 90.8 Å². The molecule has 0 radical (unpaired) electrons. The molecule has 2 N–H and O–H groups in total. The van der Waals surface area contributed by atoms with Crippen molar-refractivity contribution >= 4 is 11.5 Å². The minimum atomic E-state index is 0.263. The Kier molecular flexibility index (Phi) is 3.96. The number of anilines is 2. The maximum Gasteiger partial charge on any atom is 0.173 e. The largest absolute Gasteiger partial charge is 0.394 e. The molecule has 0 saturated carbocycles. The molecule has 0 spiro atoms. The van der Waals surface area contributed by atoms with Gasteiger partial charge in [-0.3, -0.25) is 4.68 Å². The van der Waals surface area contributed by atoms with Gasteiger partial charge < -0.3 is 15.4 Å². The Morgan fingerprint density at radius 2 is 2.27 bits per heavy atom. The molecule has 15 heavy (non-hydrogen) atoms. The van der Waals surface area contributed by atoms with Crippen molar-refractivity contribution in [3.05, 3.63) is 6.20 Å². The number of hydrogen-bond donors (Lipinski definition) is 1. The lowest BCUT2D eigenvalue weighted by Gasteiger charge is -2.17. The molecule has 0 aliphatic carbocycles. The monoisotopic (exact) mass is 212 g/mol. The minimum absolute atomic E-state index is 0.263. The summed E-state index contributed by atoms with van der Waals surface area (Å²) in [6.45, 7) is 5.52. The van der Waals surface area contributed by atoms with Gasteiger partial charge in [-0.1, -0.05) is 0 Å². The molecule has 1 aromatic heterocycles. The number of nitrogens with zero attached hydrogens (tertiary/aromatic N) is 3. The van der Waals surface area contributed by atoms with Crippen LogP contribution in [0.1, 0.15) is 13.8 Å². The van der Waals surface area contributed by atoms with Gasteiger partial charge >= 0.3 is 0 Å². The fraction of sp³-hybridized carbons (Fsp3) is 0.700. The summed E-state index contributed by atoms with van der Waals surface area (Å²) in [4.78, 5) is 2.00. The van der Waals surface area contributed by atoms with Crippen LogP contribution >= 0.6 is 0 Å². The quantitative estimate of drug-likeness (QED) is 0.786. The number of likely N-dealkylation sites (N-methyl/N-ethyl adjacent to an activating group) is 1. The number of hydrogen-bond acceptors (Lipinski definition) is 4. The van der Waals surface area contributed by atoms with Crippen molar-refractivity contribution in [1.29, 1.82) is 0 Å². The molecular formula is C10H20N4O. The summed E-state index contributed by atoms with van der Waals surface area (Å²) in [5.74, 6) is 0.810. The summed E-state index contributed by atoms with van der Waals surface area (Å²) < 4.78 is 7.18. The lowest BCUT2D eigenvalue weighted by Crippen LogP contribution is -2.25. The van der Waals surface area contributed by atoms with E-state index in [9.17, 15) is 0 Å². The van der Waals surface area contributed by atoms with Crippen molar-refractivity contribution in [1.82, 2.24) is 9.78 Å². The molecule has 0 atom stereocenters. The van der Waals surface area contributed by atoms with E-state index in [0.29, 0.717) is 12.3 Å². The topological polar surface area (TPSA) is 56.3 Å². The summed E-state index contributed by atoms with van der Waals surface area (Å²) in [6.07, 6.45) is 2.06. The molecule has 0 bridgehead atoms. The van der Waals surface area contributed by atoms with Crippen LogP contribution in [-0.2, 0) is 11.8 Å². The first-order chi connectivity index (χ1) is 7.00. The molecule has 0 fully saturated rings. The van der Waals surface area contributed by atoms with Gasteiger partial charge in [0.25, 0.3) is 0 Å². The van der Waals surface area contributed by atoms with E-state index in [1.165, 1.54) is 0 Å². The van der Waals surface area contributed by atoms with E-state index in [2.05, 4.69) is 5.10 Å². The number of nitrogen functional groups attached to an aromatic ring is 1. The van der Waals surface area contributed by atoms with Crippen LogP contribution in [0.2, 0.25) is 0 Å². The van der Waals surface area contributed by atoms with Crippen LogP contribution in [-0.4, -0.2) is 36.1 Å². The van der Waals surface area contributed by atoms with E-state index in [4.69, 9.17) is 10.5 Å². The first kappa shape index (κ1) is 11.8. The number of rotatable bonds is 5. The Morgan fingerprint density at radius 3 is 2.73 bits per heavy atom. The van der Waals surface area contributed by atoms with E-state index < -0.39 is 0 Å². The van der Waals surface area contributed by atoms with E-state index in [-0.39, 0.29) is 6.10 Å². The third-order valence-electron chi connectivity index (χ3n) is 2.08. The summed E-state index contributed by atoms with van der Waals surface area (Å²) in [7, 11) is 3.82. The highest BCUT2D eigenvalue weighted by Crippen LogP contribution is 2.18. The zero-order valence-electron chi connectivity index (χ0n) is 9.90. The van der Waals surface area contributed by atoms with E-state index in [0.717, 1.165) is 12.4 Å². The molecule has 0 saturated heterocycles. The summed E-state index contributed by atoms with van der Waals surface area (Å²) in [6, 6.07) is 0. The van der Waals surface area contributed by atoms with Gasteiger partial charge in [0, 0.05) is 26.8 Å². The molecule has 86 valence electrons. The fourth-order valence-corrected chi connectivity index (χ4v) is 1.32. The van der Waals surface area contributed by atoms with Crippen LogP contribution in [0.4, 0.5) is 11.5 Å². The van der Waals surface area contributed by atoms with Crippen LogP contribution < -0.4 is 10.6 Å². The molecule has 0 aliphatic heterocycles. The van der Waals surface area contributed by atoms with Crippen LogP contribution in [0.25, 0.3) is 0 Å². The first-order valence-corrected chi connectivity index (χ1v) is 5.12. The van der Waals surface area contributed by atoms with Gasteiger partial charge in [0.15, 0.2) is 5.82 Å². The number of aromatic nitrogens is 2. The molecule has 1 heterocycles. The molecule has 1 rings (SSSR count). The van der Waals surface area contributed by atoms with Gasteiger partial charge in [0.05, 0.1) is 18.4 Å². The van der Waals surface area contributed by atoms with Gasteiger partial charge in [-0.25, -0.2) is 0 Å². The SMILES string of the molecule is CC(C)OCCN(C)c1nn(C)cc1N. The van der Waals surface area contributed by atoms with E-state index >= 15 is 0 Å². The highest BCUT2D eigenvalue weighted by molar-refractivity contribution is 5.61. The third kappa shape index (κ3) is 3.43. The maximum atomic E-state index is 5.81. The maximum absolute atomic E-state index is 5.81. The van der Waals surface area contributed by atoms with Gasteiger partial charge in [0.2, 0.25) is 0 Å². The predicted molar refractivity (Wildman–Crippen MR) is 62.0 cm³/mol. The van der Waals surface area contributed by atoms with E-state index in [1.807, 2.05) is 32.8 Å². The second-order valence-corrected chi connectivity index (χ2v) is 3.92. The van der Waals surface area contributed by atoms with Gasteiger partial charge in [0.1, 0.15) is 0 Å². The summed E-state index contributed by atoms with van der Waals surface area (Å²) in [5.41, 5.74) is 6.51. The Hall–Kier alpha value is -1.23. The highest BCUT2D eigenvalue weighted by atomic mass is 16.5. The van der Waals surface area contributed by atoms with E-state index in [1.54, 1.807) is 10.9 Å². The van der Waals surface area contributed by atoms with Crippen LogP contribution in [0, 0.1) is 0 Å². The second kappa shape index (κ2) is 5.02. The second-order valence-electron chi connectivity index (χ2n) is 3.92. The third-order valence-corrected chi connectivity index (χ3v) is 2.08. The number of aryl methyl sites for hydroxylation is 1. The average molecular weight is 212 g/mol. The Bertz CT molecular complexity index is 308. The van der Waals surface area contributed by atoms with Gasteiger partial charge in [-0.15, -0.1) is 0 Å². The standard InChI is InChI=1S/C10H20N4O/c1-8(2)15-6-5-13(3)10-9(11)7-14(4)12-10/h7-8H,5-6,11H2,1-4H3. The summed E-state index contributed by atoms with van der Waals surface area (Å²) >= 11 is 0. The van der Waals surface area contributed by atoms with Gasteiger partial charge in [-0.05, 0) is 13.8 Å². The molecule has 5 nitrogen and oxygen atoms in total. The molecule has 0 aromatic carbocycles. The van der Waals surface area contributed by atoms with Crippen molar-refractivity contribution in [2.75, 3.05) is 30.8 Å². The van der Waals surface area contributed by atoms with Crippen molar-refractivity contribution < 1.29 is 4.74 Å². The minimum Gasteiger partial charge on any atom is -0.394 e. The zero-order valence-corrected chi connectivity index (χ0v) is 9.90. The smallest absolute Gasteiger partial charge is 0.173 e. The van der Waals surface area contributed by atoms with Crippen molar-refractivity contribution in [2.24, 2.45) is 7.05 Å². The van der Waals surface area contributed by atoms with Crippen molar-refractivity contribution in [3.8, 4) is 0 Å². The average Bonchev–Trinajstić information content (AvgIpc) is 2.44. The van der Waals surface area contributed by atoms with Crippen LogP contribution in [0.15, 0.2) is 6.20 Å². The number of ether oxygens (including phenoxy) is 1. The number of nitrogens with two attached hydrogens (primary N) is 1. The Balaban J connectivity index is 2.46. The first-order valence-electron chi connectivity index (χ1n) is 5.12. The van der Waals surface area contributed by atoms with Gasteiger partial charge in [-0.2, -0.15) is 5.10 Å². The molecule has 0 unspecified atom stereocenters. The lowest BCUT2D eigenvalue weighted by atomic mass is 10.4. The molecule has 5 heteroatoms. The molecular weight excluding hydrogens is 192 g/mol. The van der Waals surface area contributed by atoms with Crippen molar-refractivity contribution in [3.63, 3.8) is 0 Å². The Morgan fingerprint density at radius 1 is 1.60 bits per heavy atom.